The van der Waals surface area contributed by atoms with Gasteiger partial charge in [0.25, 0.3) is 0 Å². The summed E-state index contributed by atoms with van der Waals surface area (Å²) in [6.45, 7) is 19.4. The molecule has 0 aliphatic heterocycles. The van der Waals surface area contributed by atoms with Gasteiger partial charge in [0, 0.05) is 25.3 Å². The van der Waals surface area contributed by atoms with E-state index in [1.807, 2.05) is 0 Å². The molecule has 0 aromatic heterocycles. The van der Waals surface area contributed by atoms with Crippen LogP contribution in [0.5, 0.6) is 0 Å². The van der Waals surface area contributed by atoms with E-state index in [1.54, 1.807) is 14.2 Å². The third-order valence-electron chi connectivity index (χ3n) is 3.47. The zero-order chi connectivity index (χ0) is 15.5. The van der Waals surface area contributed by atoms with Crippen LogP contribution in [0.1, 0.15) is 55.4 Å². The van der Waals surface area contributed by atoms with Crippen LogP contribution in [0.4, 0.5) is 0 Å². The maximum Gasteiger partial charge on any atom is 0.522 e. The summed E-state index contributed by atoms with van der Waals surface area (Å²) in [5.41, 5.74) is 0.0112. The average molecular weight is 291 g/mol. The minimum atomic E-state index is -2.61. The van der Waals surface area contributed by atoms with Crippen LogP contribution in [-0.4, -0.2) is 56.4 Å². The Morgan fingerprint density at radius 1 is 0.737 bits per heavy atom. The van der Waals surface area contributed by atoms with Crippen molar-refractivity contribution in [1.82, 2.24) is 9.13 Å². The van der Waals surface area contributed by atoms with Gasteiger partial charge in [0.15, 0.2) is 0 Å². The van der Waals surface area contributed by atoms with E-state index in [1.165, 1.54) is 0 Å². The van der Waals surface area contributed by atoms with Gasteiger partial charge in [-0.3, -0.25) is 9.13 Å². The van der Waals surface area contributed by atoms with Crippen molar-refractivity contribution in [3.05, 3.63) is 0 Å². The van der Waals surface area contributed by atoms with Gasteiger partial charge >= 0.3 is 8.88 Å². The molecule has 0 aromatic carbocycles. The number of nitrogens with zero attached hydrogens (tertiary/aromatic N) is 2. The lowest BCUT2D eigenvalue weighted by atomic mass is 10.1. The molecule has 0 aromatic rings. The zero-order valence-electron chi connectivity index (χ0n) is 14.6. The Morgan fingerprint density at radius 2 is 1.00 bits per heavy atom. The highest BCUT2D eigenvalue weighted by Crippen LogP contribution is 2.30. The maximum atomic E-state index is 6.01. The third kappa shape index (κ3) is 4.01. The van der Waals surface area contributed by atoms with Crippen LogP contribution in [0.25, 0.3) is 0 Å². The summed E-state index contributed by atoms with van der Waals surface area (Å²) < 4.78 is 16.8. The Kier molecular flexibility index (Phi) is 6.69. The van der Waals surface area contributed by atoms with Crippen LogP contribution in [0.2, 0.25) is 0 Å². The Morgan fingerprint density at radius 3 is 1.11 bits per heavy atom. The molecule has 0 N–H and O–H groups in total. The predicted molar refractivity (Wildman–Crippen MR) is 84.0 cm³/mol. The predicted octanol–water partition coefficient (Wildman–Crippen LogP) is 2.96. The monoisotopic (exact) mass is 290 g/mol. The fourth-order valence-electron chi connectivity index (χ4n) is 2.87. The van der Waals surface area contributed by atoms with Crippen molar-refractivity contribution in [3.8, 4) is 0 Å². The lowest BCUT2D eigenvalue weighted by molar-refractivity contribution is 0.0306. The number of hydrogen-bond acceptors (Lipinski definition) is 4. The van der Waals surface area contributed by atoms with Gasteiger partial charge in [-0.2, -0.15) is 0 Å². The molecular formula is C14H34N2O2Si. The smallest absolute Gasteiger partial charge is 0.374 e. The number of rotatable bonds is 6. The van der Waals surface area contributed by atoms with Crippen molar-refractivity contribution in [2.75, 3.05) is 27.3 Å². The van der Waals surface area contributed by atoms with Gasteiger partial charge in [-0.1, -0.05) is 13.8 Å². The highest BCUT2D eigenvalue weighted by atomic mass is 28.4. The standard InChI is InChI=1S/C14H34N2O2Si/c1-11-15(13(3,4)5)19(17-9,18-10)16(12-2)14(6,7)8/h11-12H2,1-10H3. The Balaban J connectivity index is 5.82. The van der Waals surface area contributed by atoms with E-state index in [0.717, 1.165) is 13.1 Å². The highest BCUT2D eigenvalue weighted by molar-refractivity contribution is 6.61. The van der Waals surface area contributed by atoms with Crippen LogP contribution >= 0.6 is 0 Å². The van der Waals surface area contributed by atoms with Gasteiger partial charge in [-0.25, -0.2) is 0 Å². The molecule has 0 rings (SSSR count). The lowest BCUT2D eigenvalue weighted by Gasteiger charge is -2.53. The third-order valence-corrected chi connectivity index (χ3v) is 7.87. The average Bonchev–Trinajstić information content (AvgIpc) is 2.25. The molecule has 116 valence electrons. The number of hydrogen-bond donors (Lipinski definition) is 0. The first kappa shape index (κ1) is 19.1. The normalized spacial score (nSPS) is 14.5. The topological polar surface area (TPSA) is 24.9 Å². The van der Waals surface area contributed by atoms with Crippen LogP contribution in [0.15, 0.2) is 0 Å². The summed E-state index contributed by atoms with van der Waals surface area (Å²) in [4.78, 5) is 0. The molecule has 0 heterocycles. The minimum absolute atomic E-state index is 0.00562. The van der Waals surface area contributed by atoms with Gasteiger partial charge in [0.2, 0.25) is 0 Å². The maximum absolute atomic E-state index is 6.01. The summed E-state index contributed by atoms with van der Waals surface area (Å²) in [7, 11) is 0.946. The van der Waals surface area contributed by atoms with Gasteiger partial charge < -0.3 is 8.85 Å². The second kappa shape index (κ2) is 6.67. The van der Waals surface area contributed by atoms with Gasteiger partial charge in [0.1, 0.15) is 0 Å². The van der Waals surface area contributed by atoms with Crippen molar-refractivity contribution in [1.29, 1.82) is 0 Å². The quantitative estimate of drug-likeness (QED) is 0.702. The Labute approximate surface area is 121 Å². The Hall–Kier alpha value is 0.0569. The summed E-state index contributed by atoms with van der Waals surface area (Å²) in [6, 6.07) is 0. The molecule has 0 aliphatic carbocycles. The molecular weight excluding hydrogens is 256 g/mol. The minimum Gasteiger partial charge on any atom is -0.374 e. The van der Waals surface area contributed by atoms with Gasteiger partial charge in [-0.15, -0.1) is 0 Å². The van der Waals surface area contributed by atoms with E-state index < -0.39 is 8.88 Å². The summed E-state index contributed by atoms with van der Waals surface area (Å²) >= 11 is 0. The Bertz CT molecular complexity index is 244. The second-order valence-corrected chi connectivity index (χ2v) is 9.78. The van der Waals surface area contributed by atoms with E-state index in [9.17, 15) is 0 Å². The molecule has 0 atom stereocenters. The fraction of sp³-hybridized carbons (Fsp3) is 1.00. The van der Waals surface area contributed by atoms with Gasteiger partial charge in [-0.05, 0) is 54.6 Å². The molecule has 19 heavy (non-hydrogen) atoms. The van der Waals surface area contributed by atoms with E-state index in [-0.39, 0.29) is 11.1 Å². The van der Waals surface area contributed by atoms with Crippen molar-refractivity contribution < 1.29 is 8.85 Å². The largest absolute Gasteiger partial charge is 0.522 e. The first-order chi connectivity index (χ1) is 8.51. The highest BCUT2D eigenvalue weighted by Gasteiger charge is 2.56. The summed E-state index contributed by atoms with van der Waals surface area (Å²) in [5.74, 6) is 0. The van der Waals surface area contributed by atoms with Crippen LogP contribution < -0.4 is 0 Å². The van der Waals surface area contributed by atoms with Crippen LogP contribution in [0, 0.1) is 0 Å². The van der Waals surface area contributed by atoms with E-state index in [4.69, 9.17) is 8.85 Å². The molecule has 0 saturated heterocycles. The molecule has 5 heteroatoms. The molecule has 0 fully saturated rings. The van der Waals surface area contributed by atoms with Crippen LogP contribution in [-0.2, 0) is 8.85 Å². The fourth-order valence-corrected chi connectivity index (χ4v) is 6.70. The molecule has 0 bridgehead atoms. The molecule has 0 aliphatic rings. The van der Waals surface area contributed by atoms with Crippen molar-refractivity contribution >= 4 is 8.88 Å². The van der Waals surface area contributed by atoms with Crippen molar-refractivity contribution in [2.45, 2.75) is 66.5 Å². The molecule has 0 radical (unpaired) electrons. The second-order valence-electron chi connectivity index (χ2n) is 6.79. The SMILES string of the molecule is CCN(C(C)(C)C)[Si](OC)(OC)N(CC)C(C)(C)C. The zero-order valence-corrected chi connectivity index (χ0v) is 15.6. The first-order valence-electron chi connectivity index (χ1n) is 7.17. The lowest BCUT2D eigenvalue weighted by Crippen LogP contribution is -2.76. The van der Waals surface area contributed by atoms with E-state index >= 15 is 0 Å². The summed E-state index contributed by atoms with van der Waals surface area (Å²) in [5, 5.41) is 0. The molecule has 0 spiro atoms. The van der Waals surface area contributed by atoms with E-state index in [2.05, 4.69) is 64.5 Å². The van der Waals surface area contributed by atoms with Crippen molar-refractivity contribution in [3.63, 3.8) is 0 Å². The van der Waals surface area contributed by atoms with Gasteiger partial charge in [0.05, 0.1) is 0 Å². The molecule has 0 amide bonds. The van der Waals surface area contributed by atoms with E-state index in [0.29, 0.717) is 0 Å². The summed E-state index contributed by atoms with van der Waals surface area (Å²) in [6.07, 6.45) is 0. The molecule has 4 nitrogen and oxygen atoms in total. The first-order valence-corrected chi connectivity index (χ1v) is 8.88. The molecule has 0 saturated carbocycles. The van der Waals surface area contributed by atoms with Crippen molar-refractivity contribution in [2.24, 2.45) is 0 Å². The molecule has 0 unspecified atom stereocenters. The van der Waals surface area contributed by atoms with Crippen LogP contribution in [0.3, 0.4) is 0 Å².